The molecule has 1 N–H and O–H groups in total. The van der Waals surface area contributed by atoms with Gasteiger partial charge in [0, 0.05) is 24.9 Å². The topological polar surface area (TPSA) is 50.8 Å². The summed E-state index contributed by atoms with van der Waals surface area (Å²) >= 11 is 1.67. The average Bonchev–Trinajstić information content (AvgIpc) is 3.14. The molecular formula is C16H26N2O3S. The molecule has 124 valence electrons. The Morgan fingerprint density at radius 3 is 2.73 bits per heavy atom. The number of rotatable bonds is 6. The first-order chi connectivity index (χ1) is 10.4. The van der Waals surface area contributed by atoms with E-state index >= 15 is 0 Å². The molecule has 2 amide bonds. The number of urea groups is 1. The average molecular weight is 326 g/mol. The van der Waals surface area contributed by atoms with Crippen LogP contribution >= 0.6 is 11.3 Å². The molecule has 1 aliphatic rings. The van der Waals surface area contributed by atoms with Crippen molar-refractivity contribution < 1.29 is 14.3 Å². The van der Waals surface area contributed by atoms with Crippen molar-refractivity contribution in [2.45, 2.75) is 39.0 Å². The van der Waals surface area contributed by atoms with Gasteiger partial charge < -0.3 is 19.7 Å². The molecule has 1 aromatic rings. The van der Waals surface area contributed by atoms with Crippen LogP contribution in [0, 0.1) is 5.92 Å². The van der Waals surface area contributed by atoms with E-state index in [-0.39, 0.29) is 18.0 Å². The van der Waals surface area contributed by atoms with Crippen molar-refractivity contribution in [2.75, 3.05) is 26.8 Å². The van der Waals surface area contributed by atoms with E-state index in [9.17, 15) is 4.79 Å². The fraction of sp³-hybridized carbons (Fsp3) is 0.688. The van der Waals surface area contributed by atoms with E-state index in [4.69, 9.17) is 9.47 Å². The summed E-state index contributed by atoms with van der Waals surface area (Å²) in [6.07, 6.45) is 0.775. The number of nitrogens with zero attached hydrogens (tertiary/aromatic N) is 1. The van der Waals surface area contributed by atoms with E-state index in [2.05, 4.69) is 18.3 Å². The molecule has 0 spiro atoms. The minimum Gasteiger partial charge on any atom is -0.348 e. The molecule has 6 heteroatoms. The van der Waals surface area contributed by atoms with Crippen molar-refractivity contribution in [1.82, 2.24) is 10.2 Å². The van der Waals surface area contributed by atoms with Crippen molar-refractivity contribution >= 4 is 17.4 Å². The Kier molecular flexibility index (Phi) is 5.83. The molecule has 1 fully saturated rings. The highest BCUT2D eigenvalue weighted by molar-refractivity contribution is 7.10. The lowest BCUT2D eigenvalue weighted by Gasteiger charge is -2.28. The molecule has 1 aliphatic heterocycles. The molecule has 0 aromatic carbocycles. The minimum absolute atomic E-state index is 0.0499. The van der Waals surface area contributed by atoms with Gasteiger partial charge in [0.2, 0.25) is 0 Å². The second-order valence-electron chi connectivity index (χ2n) is 6.13. The third-order valence-electron chi connectivity index (χ3n) is 4.08. The summed E-state index contributed by atoms with van der Waals surface area (Å²) in [4.78, 5) is 15.2. The summed E-state index contributed by atoms with van der Waals surface area (Å²) < 4.78 is 11.2. The third-order valence-corrected chi connectivity index (χ3v) is 5.12. The number of hydrogen-bond donors (Lipinski definition) is 1. The number of hydrogen-bond acceptors (Lipinski definition) is 4. The zero-order valence-corrected chi connectivity index (χ0v) is 14.6. The van der Waals surface area contributed by atoms with Gasteiger partial charge in [-0.3, -0.25) is 0 Å². The molecule has 2 atom stereocenters. The van der Waals surface area contributed by atoms with Gasteiger partial charge in [-0.2, -0.15) is 0 Å². The highest BCUT2D eigenvalue weighted by Crippen LogP contribution is 2.26. The molecule has 0 saturated carbocycles. The Bertz CT molecular complexity index is 472. The molecular weight excluding hydrogens is 300 g/mol. The molecule has 0 radical (unpaired) electrons. The van der Waals surface area contributed by atoms with Crippen molar-refractivity contribution in [3.63, 3.8) is 0 Å². The summed E-state index contributed by atoms with van der Waals surface area (Å²) in [5, 5.41) is 5.03. The van der Waals surface area contributed by atoms with Crippen LogP contribution in [-0.4, -0.2) is 43.5 Å². The van der Waals surface area contributed by atoms with Crippen LogP contribution in [0.15, 0.2) is 17.5 Å². The lowest BCUT2D eigenvalue weighted by Crippen LogP contribution is -2.41. The SMILES string of the molecule is CC(CNC(=O)N(C)C(C)c1cccs1)CC1(C)OCCO1. The van der Waals surface area contributed by atoms with Crippen molar-refractivity contribution in [2.24, 2.45) is 5.92 Å². The van der Waals surface area contributed by atoms with E-state index in [0.29, 0.717) is 19.8 Å². The number of nitrogens with one attached hydrogen (secondary N) is 1. The van der Waals surface area contributed by atoms with Crippen LogP contribution in [0.2, 0.25) is 0 Å². The van der Waals surface area contributed by atoms with Gasteiger partial charge in [-0.05, 0) is 31.2 Å². The highest BCUT2D eigenvalue weighted by atomic mass is 32.1. The number of amides is 2. The maximum absolute atomic E-state index is 12.3. The number of carbonyl (C=O) groups is 1. The Morgan fingerprint density at radius 2 is 2.14 bits per heavy atom. The predicted molar refractivity (Wildman–Crippen MR) is 88.0 cm³/mol. The Morgan fingerprint density at radius 1 is 1.45 bits per heavy atom. The normalized spacial score (nSPS) is 19.6. The first kappa shape index (κ1) is 17.2. The number of carbonyl (C=O) groups excluding carboxylic acids is 1. The van der Waals surface area contributed by atoms with Crippen molar-refractivity contribution in [1.29, 1.82) is 0 Å². The third kappa shape index (κ3) is 4.44. The standard InChI is InChI=1S/C16H26N2O3S/c1-12(10-16(3)20-7-8-21-16)11-17-15(19)18(4)13(2)14-6-5-9-22-14/h5-6,9,12-13H,7-8,10-11H2,1-4H3,(H,17,19). The molecule has 5 nitrogen and oxygen atoms in total. The van der Waals surface area contributed by atoms with Crippen molar-refractivity contribution in [3.05, 3.63) is 22.4 Å². The Balaban J connectivity index is 1.76. The second-order valence-corrected chi connectivity index (χ2v) is 7.11. The second kappa shape index (κ2) is 7.44. The fourth-order valence-electron chi connectivity index (χ4n) is 2.66. The lowest BCUT2D eigenvalue weighted by atomic mass is 10.0. The predicted octanol–water partition coefficient (Wildman–Crippen LogP) is 3.24. The molecule has 2 unspecified atom stereocenters. The monoisotopic (exact) mass is 326 g/mol. The highest BCUT2D eigenvalue weighted by Gasteiger charge is 2.32. The molecule has 0 bridgehead atoms. The quantitative estimate of drug-likeness (QED) is 0.873. The van der Waals surface area contributed by atoms with E-state index in [1.54, 1.807) is 16.2 Å². The van der Waals surface area contributed by atoms with Gasteiger partial charge in [0.1, 0.15) is 0 Å². The maximum Gasteiger partial charge on any atom is 0.317 e. The van der Waals surface area contributed by atoms with E-state index in [0.717, 1.165) is 6.42 Å². The largest absolute Gasteiger partial charge is 0.348 e. The van der Waals surface area contributed by atoms with Gasteiger partial charge in [-0.25, -0.2) is 4.79 Å². The van der Waals surface area contributed by atoms with Gasteiger partial charge >= 0.3 is 6.03 Å². The van der Waals surface area contributed by atoms with Gasteiger partial charge in [-0.1, -0.05) is 13.0 Å². The first-order valence-corrected chi connectivity index (χ1v) is 8.61. The number of thiophene rings is 1. The van der Waals surface area contributed by atoms with Gasteiger partial charge in [-0.15, -0.1) is 11.3 Å². The van der Waals surface area contributed by atoms with Gasteiger partial charge in [0.05, 0.1) is 19.3 Å². The van der Waals surface area contributed by atoms with Crippen molar-refractivity contribution in [3.8, 4) is 0 Å². The summed E-state index contributed by atoms with van der Waals surface area (Å²) in [5.41, 5.74) is 0. The smallest absolute Gasteiger partial charge is 0.317 e. The number of ether oxygens (including phenoxy) is 2. The van der Waals surface area contributed by atoms with Crippen LogP contribution in [0.1, 0.15) is 38.1 Å². The summed E-state index contributed by atoms with van der Waals surface area (Å²) in [6.45, 7) is 8.01. The lowest BCUT2D eigenvalue weighted by molar-refractivity contribution is -0.153. The van der Waals surface area contributed by atoms with Gasteiger partial charge in [0.25, 0.3) is 0 Å². The van der Waals surface area contributed by atoms with Crippen LogP contribution < -0.4 is 5.32 Å². The van der Waals surface area contributed by atoms with Crippen LogP contribution in [0.3, 0.4) is 0 Å². The van der Waals surface area contributed by atoms with Crippen LogP contribution in [0.5, 0.6) is 0 Å². The zero-order chi connectivity index (χ0) is 16.2. The molecule has 1 saturated heterocycles. The molecule has 2 rings (SSSR count). The van der Waals surface area contributed by atoms with E-state index < -0.39 is 5.79 Å². The summed E-state index contributed by atoms with van der Waals surface area (Å²) in [7, 11) is 1.83. The van der Waals surface area contributed by atoms with Gasteiger partial charge in [0.15, 0.2) is 5.79 Å². The van der Waals surface area contributed by atoms with Crippen LogP contribution in [0.25, 0.3) is 0 Å². The Hall–Kier alpha value is -1.11. The zero-order valence-electron chi connectivity index (χ0n) is 13.8. The molecule has 0 aliphatic carbocycles. The minimum atomic E-state index is -0.500. The van der Waals surface area contributed by atoms with E-state index in [1.807, 2.05) is 32.3 Å². The Labute approximate surface area is 136 Å². The first-order valence-electron chi connectivity index (χ1n) is 7.73. The van der Waals surface area contributed by atoms with Crippen LogP contribution in [-0.2, 0) is 9.47 Å². The van der Waals surface area contributed by atoms with E-state index in [1.165, 1.54) is 4.88 Å². The molecule has 22 heavy (non-hydrogen) atoms. The molecule has 2 heterocycles. The maximum atomic E-state index is 12.3. The summed E-state index contributed by atoms with van der Waals surface area (Å²) in [6, 6.07) is 4.09. The molecule has 1 aromatic heterocycles. The fourth-order valence-corrected chi connectivity index (χ4v) is 3.49. The van der Waals surface area contributed by atoms with Crippen LogP contribution in [0.4, 0.5) is 4.79 Å². The summed E-state index contributed by atoms with van der Waals surface area (Å²) in [5.74, 6) is -0.210.